The molecule has 0 saturated heterocycles. The number of ether oxygens (including phenoxy) is 1. The summed E-state index contributed by atoms with van der Waals surface area (Å²) < 4.78 is 5.07. The van der Waals surface area contributed by atoms with E-state index in [4.69, 9.17) is 4.74 Å². The molecule has 0 aliphatic heterocycles. The standard InChI is InChI=1S/C9H9N3O.C9H11NO.C2H6/c1-13-7-2-3-10-8(6-7)9-11-4-5-12-9;1-8(11)10-7-9-5-3-2-4-6-9;1-2/h2-6H,1H3,(H,11,12);2-6H,7H2,1H3,(H,10,11);1-2H3. The Bertz CT molecular complexity index is 744. The van der Waals surface area contributed by atoms with Crippen molar-refractivity contribution in [3.8, 4) is 17.3 Å². The largest absolute Gasteiger partial charge is 0.497 e. The first kappa shape index (κ1) is 20.9. The number of amides is 1. The number of imidazole rings is 1. The molecule has 0 spiro atoms. The third-order valence-corrected chi connectivity index (χ3v) is 3.09. The van der Waals surface area contributed by atoms with Crippen molar-refractivity contribution in [3.05, 3.63) is 66.6 Å². The van der Waals surface area contributed by atoms with Gasteiger partial charge in [0.15, 0.2) is 5.82 Å². The van der Waals surface area contributed by atoms with Gasteiger partial charge in [-0.05, 0) is 11.6 Å². The molecular weight excluding hydrogens is 328 g/mol. The van der Waals surface area contributed by atoms with Gasteiger partial charge in [0.05, 0.1) is 7.11 Å². The fourth-order valence-electron chi connectivity index (χ4n) is 1.90. The van der Waals surface area contributed by atoms with Crippen molar-refractivity contribution in [2.75, 3.05) is 7.11 Å². The van der Waals surface area contributed by atoms with Crippen LogP contribution in [0.2, 0.25) is 0 Å². The van der Waals surface area contributed by atoms with Crippen molar-refractivity contribution in [3.63, 3.8) is 0 Å². The molecule has 0 aliphatic carbocycles. The molecule has 0 radical (unpaired) electrons. The summed E-state index contributed by atoms with van der Waals surface area (Å²) >= 11 is 0. The van der Waals surface area contributed by atoms with Crippen molar-refractivity contribution in [1.82, 2.24) is 20.3 Å². The Balaban J connectivity index is 0.000000241. The first-order chi connectivity index (χ1) is 12.7. The van der Waals surface area contributed by atoms with E-state index in [-0.39, 0.29) is 5.91 Å². The summed E-state index contributed by atoms with van der Waals surface area (Å²) in [5.41, 5.74) is 1.91. The van der Waals surface area contributed by atoms with Crippen molar-refractivity contribution in [2.24, 2.45) is 0 Å². The molecule has 0 fully saturated rings. The molecule has 6 nitrogen and oxygen atoms in total. The van der Waals surface area contributed by atoms with Crippen LogP contribution in [0.3, 0.4) is 0 Å². The SMILES string of the molecule is CC.CC(=O)NCc1ccccc1.COc1ccnc(-c2ncc[nH]2)c1. The zero-order valence-electron chi connectivity index (χ0n) is 15.7. The van der Waals surface area contributed by atoms with Gasteiger partial charge >= 0.3 is 0 Å². The van der Waals surface area contributed by atoms with E-state index in [1.54, 1.807) is 31.8 Å². The number of nitrogens with one attached hydrogen (secondary N) is 2. The molecular formula is C20H26N4O2. The molecule has 3 rings (SSSR count). The number of H-pyrrole nitrogens is 1. The van der Waals surface area contributed by atoms with Crippen LogP contribution in [0.25, 0.3) is 11.5 Å². The summed E-state index contributed by atoms with van der Waals surface area (Å²) in [5, 5.41) is 2.72. The van der Waals surface area contributed by atoms with E-state index in [0.717, 1.165) is 22.8 Å². The van der Waals surface area contributed by atoms with Gasteiger partial charge in [-0.15, -0.1) is 0 Å². The van der Waals surface area contributed by atoms with E-state index < -0.39 is 0 Å². The van der Waals surface area contributed by atoms with E-state index in [9.17, 15) is 4.79 Å². The van der Waals surface area contributed by atoms with Gasteiger partial charge in [-0.25, -0.2) is 4.98 Å². The lowest BCUT2D eigenvalue weighted by atomic mass is 10.2. The molecule has 138 valence electrons. The summed E-state index contributed by atoms with van der Waals surface area (Å²) in [6.45, 7) is 6.14. The Morgan fingerprint density at radius 2 is 1.85 bits per heavy atom. The second kappa shape index (κ2) is 12.2. The highest BCUT2D eigenvalue weighted by molar-refractivity contribution is 5.72. The maximum Gasteiger partial charge on any atom is 0.217 e. The molecule has 0 bridgehead atoms. The molecule has 1 aromatic carbocycles. The number of carbonyl (C=O) groups is 1. The summed E-state index contributed by atoms with van der Waals surface area (Å²) in [6.07, 6.45) is 5.14. The van der Waals surface area contributed by atoms with Gasteiger partial charge in [0.1, 0.15) is 11.4 Å². The van der Waals surface area contributed by atoms with Crippen molar-refractivity contribution < 1.29 is 9.53 Å². The monoisotopic (exact) mass is 354 g/mol. The van der Waals surface area contributed by atoms with Gasteiger partial charge in [-0.1, -0.05) is 44.2 Å². The van der Waals surface area contributed by atoms with Gasteiger partial charge in [-0.2, -0.15) is 0 Å². The highest BCUT2D eigenvalue weighted by Gasteiger charge is 2.01. The Labute approximate surface area is 154 Å². The van der Waals surface area contributed by atoms with Crippen molar-refractivity contribution in [2.45, 2.75) is 27.3 Å². The lowest BCUT2D eigenvalue weighted by molar-refractivity contribution is -0.119. The van der Waals surface area contributed by atoms with Crippen LogP contribution >= 0.6 is 0 Å². The summed E-state index contributed by atoms with van der Waals surface area (Å²) in [7, 11) is 1.63. The first-order valence-corrected chi connectivity index (χ1v) is 8.47. The van der Waals surface area contributed by atoms with Gasteiger partial charge in [-0.3, -0.25) is 9.78 Å². The number of carbonyl (C=O) groups excluding carboxylic acids is 1. The van der Waals surface area contributed by atoms with E-state index in [1.807, 2.05) is 50.2 Å². The zero-order chi connectivity index (χ0) is 19.2. The maximum atomic E-state index is 10.5. The smallest absolute Gasteiger partial charge is 0.217 e. The minimum atomic E-state index is 0.00820. The fraction of sp³-hybridized carbons (Fsp3) is 0.250. The van der Waals surface area contributed by atoms with Gasteiger partial charge in [0.25, 0.3) is 0 Å². The summed E-state index contributed by atoms with van der Waals surface area (Å²) in [4.78, 5) is 21.7. The third kappa shape index (κ3) is 7.61. The molecule has 1 amide bonds. The minimum absolute atomic E-state index is 0.00820. The van der Waals surface area contributed by atoms with Gasteiger partial charge < -0.3 is 15.0 Å². The summed E-state index contributed by atoms with van der Waals surface area (Å²) in [5.74, 6) is 1.54. The average molecular weight is 354 g/mol. The molecule has 0 saturated carbocycles. The second-order valence-electron chi connectivity index (χ2n) is 4.91. The van der Waals surface area contributed by atoms with Crippen LogP contribution < -0.4 is 10.1 Å². The Kier molecular flexibility index (Phi) is 9.84. The molecule has 3 aromatic rings. The number of hydrogen-bond donors (Lipinski definition) is 2. The Hall–Kier alpha value is -3.15. The molecule has 26 heavy (non-hydrogen) atoms. The minimum Gasteiger partial charge on any atom is -0.497 e. The quantitative estimate of drug-likeness (QED) is 0.746. The number of hydrogen-bond acceptors (Lipinski definition) is 4. The van der Waals surface area contributed by atoms with Gasteiger partial charge in [0.2, 0.25) is 5.91 Å². The average Bonchev–Trinajstić information content (AvgIpc) is 3.24. The molecule has 2 heterocycles. The highest BCUT2D eigenvalue weighted by atomic mass is 16.5. The predicted octanol–water partition coefficient (Wildman–Crippen LogP) is 3.83. The Morgan fingerprint density at radius 1 is 1.12 bits per heavy atom. The lowest BCUT2D eigenvalue weighted by Crippen LogP contribution is -2.18. The van der Waals surface area contributed by atoms with Crippen LogP contribution in [-0.2, 0) is 11.3 Å². The van der Waals surface area contributed by atoms with E-state index in [2.05, 4.69) is 20.3 Å². The number of aromatic nitrogens is 3. The van der Waals surface area contributed by atoms with E-state index >= 15 is 0 Å². The second-order valence-corrected chi connectivity index (χ2v) is 4.91. The number of aromatic amines is 1. The van der Waals surface area contributed by atoms with Crippen LogP contribution in [0.1, 0.15) is 26.3 Å². The maximum absolute atomic E-state index is 10.5. The number of rotatable bonds is 4. The van der Waals surface area contributed by atoms with Crippen molar-refractivity contribution >= 4 is 5.91 Å². The van der Waals surface area contributed by atoms with Crippen LogP contribution in [0.4, 0.5) is 0 Å². The van der Waals surface area contributed by atoms with E-state index in [1.165, 1.54) is 6.92 Å². The topological polar surface area (TPSA) is 79.9 Å². The number of methoxy groups -OCH3 is 1. The fourth-order valence-corrected chi connectivity index (χ4v) is 1.90. The van der Waals surface area contributed by atoms with Crippen molar-refractivity contribution in [1.29, 1.82) is 0 Å². The number of benzene rings is 1. The molecule has 6 heteroatoms. The van der Waals surface area contributed by atoms with Crippen LogP contribution in [0, 0.1) is 0 Å². The van der Waals surface area contributed by atoms with E-state index in [0.29, 0.717) is 6.54 Å². The number of nitrogens with zero attached hydrogens (tertiary/aromatic N) is 2. The highest BCUT2D eigenvalue weighted by Crippen LogP contribution is 2.16. The third-order valence-electron chi connectivity index (χ3n) is 3.09. The number of pyridine rings is 1. The van der Waals surface area contributed by atoms with Crippen LogP contribution in [0.15, 0.2) is 61.1 Å². The Morgan fingerprint density at radius 3 is 2.42 bits per heavy atom. The van der Waals surface area contributed by atoms with Crippen LogP contribution in [0.5, 0.6) is 5.75 Å². The molecule has 0 unspecified atom stereocenters. The first-order valence-electron chi connectivity index (χ1n) is 8.47. The van der Waals surface area contributed by atoms with Gasteiger partial charge in [0, 0.05) is 38.1 Å². The zero-order valence-corrected chi connectivity index (χ0v) is 15.7. The summed E-state index contributed by atoms with van der Waals surface area (Å²) in [6, 6.07) is 13.5. The molecule has 0 aliphatic rings. The normalized spacial score (nSPS) is 9.08. The molecule has 2 aromatic heterocycles. The lowest BCUT2D eigenvalue weighted by Gasteiger charge is -2.00. The molecule has 2 N–H and O–H groups in total. The molecule has 0 atom stereocenters. The van der Waals surface area contributed by atoms with Crippen LogP contribution in [-0.4, -0.2) is 28.0 Å². The predicted molar refractivity (Wildman–Crippen MR) is 104 cm³/mol.